The summed E-state index contributed by atoms with van der Waals surface area (Å²) >= 11 is 0. The first-order valence-electron chi connectivity index (χ1n) is 9.57. The highest BCUT2D eigenvalue weighted by Crippen LogP contribution is 2.27. The Morgan fingerprint density at radius 2 is 1.86 bits per heavy atom. The van der Waals surface area contributed by atoms with E-state index in [1.165, 1.54) is 20.3 Å². The molecule has 28 heavy (non-hydrogen) atoms. The molecule has 1 heterocycles. The van der Waals surface area contributed by atoms with Gasteiger partial charge in [-0.1, -0.05) is 25.2 Å². The normalized spacial score (nSPS) is 33.5. The summed E-state index contributed by atoms with van der Waals surface area (Å²) in [6.45, 7) is 3.54. The Labute approximate surface area is 166 Å². The molecule has 7 nitrogen and oxygen atoms in total. The molecular formula is C21H32O7. The van der Waals surface area contributed by atoms with Crippen LogP contribution in [0.2, 0.25) is 0 Å². The van der Waals surface area contributed by atoms with Crippen LogP contribution in [0.3, 0.4) is 0 Å². The summed E-state index contributed by atoms with van der Waals surface area (Å²) in [6.07, 6.45) is 5.18. The molecule has 1 aliphatic rings. The quantitative estimate of drug-likeness (QED) is 0.573. The molecule has 0 unspecified atom stereocenters. The minimum Gasteiger partial charge on any atom is -0.462 e. The van der Waals surface area contributed by atoms with Crippen LogP contribution in [-0.2, 0) is 28.6 Å². The van der Waals surface area contributed by atoms with Crippen LogP contribution in [0.25, 0.3) is 0 Å². The predicted octanol–water partition coefficient (Wildman–Crippen LogP) is 2.02. The van der Waals surface area contributed by atoms with Gasteiger partial charge < -0.3 is 24.1 Å². The van der Waals surface area contributed by atoms with Crippen LogP contribution < -0.4 is 0 Å². The fraction of sp³-hybridized carbons (Fsp3) is 0.667. The Morgan fingerprint density at radius 1 is 1.18 bits per heavy atom. The van der Waals surface area contributed by atoms with E-state index in [0.717, 1.165) is 6.29 Å². The maximum absolute atomic E-state index is 12.4. The lowest BCUT2D eigenvalue weighted by atomic mass is 9.83. The lowest BCUT2D eigenvalue weighted by Gasteiger charge is -2.34. The first-order chi connectivity index (χ1) is 13.3. The molecule has 0 amide bonds. The Morgan fingerprint density at radius 3 is 2.46 bits per heavy atom. The zero-order chi connectivity index (χ0) is 21.1. The Kier molecular flexibility index (Phi) is 10.9. The highest BCUT2D eigenvalue weighted by Gasteiger charge is 2.37. The number of cyclic esters (lactones) is 1. The van der Waals surface area contributed by atoms with Gasteiger partial charge in [0.2, 0.25) is 0 Å². The third kappa shape index (κ3) is 7.66. The SMILES string of the molecule is CO[C@@H]1[C@@H](OC)[C@@H](CC=O)C[C@@H](C)C(=O)C=CC=CC[C@@H](C)OC(=O)C[C@H]1O. The van der Waals surface area contributed by atoms with E-state index in [1.807, 2.05) is 6.08 Å². The van der Waals surface area contributed by atoms with Crippen molar-refractivity contribution in [1.82, 2.24) is 0 Å². The fourth-order valence-corrected chi connectivity index (χ4v) is 3.43. The maximum Gasteiger partial charge on any atom is 0.308 e. The highest BCUT2D eigenvalue weighted by molar-refractivity contribution is 5.91. The van der Waals surface area contributed by atoms with E-state index in [9.17, 15) is 19.5 Å². The third-order valence-electron chi connectivity index (χ3n) is 4.94. The first kappa shape index (κ1) is 24.2. The first-order valence-corrected chi connectivity index (χ1v) is 9.57. The summed E-state index contributed by atoms with van der Waals surface area (Å²) in [5.74, 6) is -1.29. The Bertz CT molecular complexity index is 569. The summed E-state index contributed by atoms with van der Waals surface area (Å²) in [4.78, 5) is 35.7. The van der Waals surface area contributed by atoms with Crippen molar-refractivity contribution in [2.24, 2.45) is 11.8 Å². The number of aldehydes is 1. The molecule has 0 fully saturated rings. The van der Waals surface area contributed by atoms with Gasteiger partial charge >= 0.3 is 5.97 Å². The number of hydrogen-bond acceptors (Lipinski definition) is 7. The molecule has 0 bridgehead atoms. The second-order valence-electron chi connectivity index (χ2n) is 7.20. The summed E-state index contributed by atoms with van der Waals surface area (Å²) < 4.78 is 16.3. The number of hydrogen-bond donors (Lipinski definition) is 1. The summed E-state index contributed by atoms with van der Waals surface area (Å²) in [5.41, 5.74) is 0. The van der Waals surface area contributed by atoms with Gasteiger partial charge in [-0.25, -0.2) is 0 Å². The van der Waals surface area contributed by atoms with Gasteiger partial charge in [-0.05, 0) is 25.3 Å². The van der Waals surface area contributed by atoms with Crippen molar-refractivity contribution in [1.29, 1.82) is 0 Å². The van der Waals surface area contributed by atoms with Crippen molar-refractivity contribution in [3.63, 3.8) is 0 Å². The van der Waals surface area contributed by atoms with Gasteiger partial charge in [-0.15, -0.1) is 0 Å². The second kappa shape index (κ2) is 12.6. The standard InChI is InChI=1S/C21H32O7/c1-14-12-16(10-11-22)20(26-3)21(27-4)18(24)13-19(25)28-15(2)8-6-5-7-9-17(14)23/h5-7,9,11,14-16,18,20-21,24H,8,10,12-13H2,1-4H3/t14-,15-,16+,18-,20+,21+/m1/s1. The van der Waals surface area contributed by atoms with E-state index in [2.05, 4.69) is 0 Å². The van der Waals surface area contributed by atoms with E-state index in [0.29, 0.717) is 12.8 Å². The van der Waals surface area contributed by atoms with E-state index >= 15 is 0 Å². The number of rotatable bonds is 4. The number of carbonyl (C=O) groups is 3. The molecule has 0 spiro atoms. The van der Waals surface area contributed by atoms with Crippen LogP contribution in [0.5, 0.6) is 0 Å². The van der Waals surface area contributed by atoms with Crippen molar-refractivity contribution >= 4 is 18.0 Å². The second-order valence-corrected chi connectivity index (χ2v) is 7.20. The van der Waals surface area contributed by atoms with Crippen LogP contribution in [0.1, 0.15) is 39.5 Å². The fourth-order valence-electron chi connectivity index (χ4n) is 3.43. The molecule has 1 rings (SSSR count). The number of ketones is 1. The van der Waals surface area contributed by atoms with Crippen molar-refractivity contribution in [3.05, 3.63) is 24.3 Å². The van der Waals surface area contributed by atoms with E-state index in [-0.39, 0.29) is 36.6 Å². The molecular weight excluding hydrogens is 364 g/mol. The van der Waals surface area contributed by atoms with Gasteiger partial charge in [-0.2, -0.15) is 0 Å². The Hall–Kier alpha value is -1.83. The summed E-state index contributed by atoms with van der Waals surface area (Å²) in [6, 6.07) is 0. The number of methoxy groups -OCH3 is 2. The number of aliphatic hydroxyl groups is 1. The molecule has 0 radical (unpaired) electrons. The molecule has 1 N–H and O–H groups in total. The van der Waals surface area contributed by atoms with Crippen molar-refractivity contribution in [2.45, 2.75) is 63.9 Å². The minimum atomic E-state index is -1.17. The van der Waals surface area contributed by atoms with Gasteiger partial charge in [0.1, 0.15) is 18.5 Å². The zero-order valence-corrected chi connectivity index (χ0v) is 17.1. The van der Waals surface area contributed by atoms with Crippen LogP contribution in [-0.4, -0.2) is 61.8 Å². The van der Waals surface area contributed by atoms with Gasteiger partial charge in [0, 0.05) is 33.0 Å². The molecule has 0 aromatic heterocycles. The van der Waals surface area contributed by atoms with Crippen LogP contribution in [0.15, 0.2) is 24.3 Å². The van der Waals surface area contributed by atoms with E-state index < -0.39 is 24.3 Å². The van der Waals surface area contributed by atoms with Gasteiger partial charge in [0.15, 0.2) is 5.78 Å². The number of esters is 1. The number of allylic oxidation sites excluding steroid dienone is 3. The van der Waals surface area contributed by atoms with E-state index in [4.69, 9.17) is 14.2 Å². The molecule has 0 aromatic rings. The van der Waals surface area contributed by atoms with Crippen LogP contribution in [0.4, 0.5) is 0 Å². The third-order valence-corrected chi connectivity index (χ3v) is 4.94. The summed E-state index contributed by atoms with van der Waals surface area (Å²) in [5, 5.41) is 10.6. The molecule has 158 valence electrons. The number of aliphatic hydroxyl groups excluding tert-OH is 1. The van der Waals surface area contributed by atoms with Crippen LogP contribution >= 0.6 is 0 Å². The molecule has 0 aromatic carbocycles. The maximum atomic E-state index is 12.4. The lowest BCUT2D eigenvalue weighted by molar-refractivity contribution is -0.158. The van der Waals surface area contributed by atoms with Gasteiger partial charge in [0.25, 0.3) is 0 Å². The molecule has 1 aliphatic heterocycles. The largest absolute Gasteiger partial charge is 0.462 e. The zero-order valence-electron chi connectivity index (χ0n) is 17.1. The Balaban J connectivity index is 3.18. The molecule has 0 aliphatic carbocycles. The van der Waals surface area contributed by atoms with E-state index in [1.54, 1.807) is 26.0 Å². The number of ether oxygens (including phenoxy) is 3. The molecule has 7 heteroatoms. The number of carbonyl (C=O) groups excluding carboxylic acids is 3. The average molecular weight is 396 g/mol. The highest BCUT2D eigenvalue weighted by atomic mass is 16.5. The topological polar surface area (TPSA) is 99.1 Å². The van der Waals surface area contributed by atoms with Crippen molar-refractivity contribution in [2.75, 3.05) is 14.2 Å². The van der Waals surface area contributed by atoms with Crippen LogP contribution in [0, 0.1) is 11.8 Å². The van der Waals surface area contributed by atoms with Crippen molar-refractivity contribution < 1.29 is 33.7 Å². The van der Waals surface area contributed by atoms with Crippen molar-refractivity contribution in [3.8, 4) is 0 Å². The monoisotopic (exact) mass is 396 g/mol. The lowest BCUT2D eigenvalue weighted by Crippen LogP contribution is -2.46. The summed E-state index contributed by atoms with van der Waals surface area (Å²) in [7, 11) is 2.86. The minimum absolute atomic E-state index is 0.0588. The molecule has 0 saturated heterocycles. The molecule has 6 atom stereocenters. The predicted molar refractivity (Wildman–Crippen MR) is 104 cm³/mol. The smallest absolute Gasteiger partial charge is 0.308 e. The molecule has 0 saturated carbocycles. The average Bonchev–Trinajstić information content (AvgIpc) is 2.64. The van der Waals surface area contributed by atoms with Gasteiger partial charge in [0.05, 0.1) is 18.6 Å². The van der Waals surface area contributed by atoms with Gasteiger partial charge in [-0.3, -0.25) is 9.59 Å².